The second-order valence-corrected chi connectivity index (χ2v) is 12.6. The van der Waals surface area contributed by atoms with Crippen molar-refractivity contribution in [3.8, 4) is 11.1 Å². The molecule has 2 saturated heterocycles. The summed E-state index contributed by atoms with van der Waals surface area (Å²) in [6.45, 7) is 3.53. The standard InChI is InChI=1S/C31H33FN2O4S/c1-3-4-5-21-6-8-22(9-7-21)23-10-12-24(13-11-23)30(35)33-19-25-16-17-34(29(25)20-33)31(36)27-18-26(39(2,37)38)14-15-28(27)32/h6-15,18,25,29H,3-5,16-17,19-20H2,1-2H3/t25-,29+/m0/s1. The minimum Gasteiger partial charge on any atom is -0.336 e. The van der Waals surface area contributed by atoms with Crippen LogP contribution in [-0.2, 0) is 16.3 Å². The van der Waals surface area contributed by atoms with Crippen LogP contribution in [0.2, 0.25) is 0 Å². The molecular weight excluding hydrogens is 515 g/mol. The third kappa shape index (κ3) is 5.62. The van der Waals surface area contributed by atoms with E-state index in [1.54, 1.807) is 9.80 Å². The van der Waals surface area contributed by atoms with Gasteiger partial charge in [-0.15, -0.1) is 0 Å². The lowest BCUT2D eigenvalue weighted by Gasteiger charge is -2.25. The Labute approximate surface area is 229 Å². The number of nitrogens with zero attached hydrogens (tertiary/aromatic N) is 2. The molecule has 0 spiro atoms. The highest BCUT2D eigenvalue weighted by Crippen LogP contribution is 2.34. The summed E-state index contributed by atoms with van der Waals surface area (Å²) >= 11 is 0. The van der Waals surface area contributed by atoms with Crippen LogP contribution in [0.5, 0.6) is 0 Å². The predicted octanol–water partition coefficient (Wildman–Crippen LogP) is 5.23. The van der Waals surface area contributed by atoms with Crippen LogP contribution >= 0.6 is 0 Å². The summed E-state index contributed by atoms with van der Waals surface area (Å²) in [4.78, 5) is 29.8. The number of rotatable bonds is 7. The van der Waals surface area contributed by atoms with Gasteiger partial charge in [-0.3, -0.25) is 9.59 Å². The minimum absolute atomic E-state index is 0.0940. The van der Waals surface area contributed by atoms with E-state index in [2.05, 4.69) is 31.2 Å². The van der Waals surface area contributed by atoms with Gasteiger partial charge in [-0.05, 0) is 66.3 Å². The molecule has 0 aromatic heterocycles. The van der Waals surface area contributed by atoms with E-state index in [-0.39, 0.29) is 28.3 Å². The molecule has 5 rings (SSSR count). The zero-order valence-electron chi connectivity index (χ0n) is 22.3. The van der Waals surface area contributed by atoms with Crippen LogP contribution in [0, 0.1) is 11.7 Å². The van der Waals surface area contributed by atoms with Gasteiger partial charge in [0.25, 0.3) is 11.8 Å². The number of hydrogen-bond acceptors (Lipinski definition) is 4. The summed E-state index contributed by atoms with van der Waals surface area (Å²) in [5, 5.41) is 0. The Kier molecular flexibility index (Phi) is 7.58. The number of fused-ring (bicyclic) bond motifs is 1. The number of unbranched alkanes of at least 4 members (excludes halogenated alkanes) is 1. The monoisotopic (exact) mass is 548 g/mol. The van der Waals surface area contributed by atoms with Gasteiger partial charge in [0.05, 0.1) is 16.5 Å². The van der Waals surface area contributed by atoms with Crippen LogP contribution in [0.4, 0.5) is 4.39 Å². The third-order valence-electron chi connectivity index (χ3n) is 7.93. The maximum absolute atomic E-state index is 14.5. The van der Waals surface area contributed by atoms with E-state index in [1.807, 2.05) is 24.3 Å². The van der Waals surface area contributed by atoms with Gasteiger partial charge in [-0.1, -0.05) is 49.7 Å². The van der Waals surface area contributed by atoms with E-state index in [1.165, 1.54) is 18.4 Å². The molecule has 2 heterocycles. The Morgan fingerprint density at radius 3 is 2.23 bits per heavy atom. The number of amides is 2. The molecule has 2 fully saturated rings. The number of likely N-dealkylation sites (tertiary alicyclic amines) is 2. The zero-order chi connectivity index (χ0) is 27.7. The molecule has 204 valence electrons. The fourth-order valence-corrected chi connectivity index (χ4v) is 6.31. The largest absolute Gasteiger partial charge is 0.336 e. The topological polar surface area (TPSA) is 74.8 Å². The minimum atomic E-state index is -3.58. The second kappa shape index (κ2) is 10.9. The molecule has 6 nitrogen and oxygen atoms in total. The Morgan fingerprint density at radius 1 is 0.923 bits per heavy atom. The number of aryl methyl sites for hydroxylation is 1. The highest BCUT2D eigenvalue weighted by Gasteiger charge is 2.45. The molecule has 2 aliphatic heterocycles. The summed E-state index contributed by atoms with van der Waals surface area (Å²) < 4.78 is 38.4. The van der Waals surface area contributed by atoms with Gasteiger partial charge in [0.15, 0.2) is 9.84 Å². The fourth-order valence-electron chi connectivity index (χ4n) is 5.67. The lowest BCUT2D eigenvalue weighted by atomic mass is 10.0. The Hall–Kier alpha value is -3.52. The molecule has 2 amide bonds. The quantitative estimate of drug-likeness (QED) is 0.379. The number of carbonyl (C=O) groups excluding carboxylic acids is 2. The van der Waals surface area contributed by atoms with Crippen LogP contribution in [0.3, 0.4) is 0 Å². The molecule has 0 saturated carbocycles. The maximum Gasteiger partial charge on any atom is 0.257 e. The van der Waals surface area contributed by atoms with E-state index in [4.69, 9.17) is 0 Å². The highest BCUT2D eigenvalue weighted by molar-refractivity contribution is 7.90. The molecule has 3 aromatic carbocycles. The Balaban J connectivity index is 1.26. The average Bonchev–Trinajstić information content (AvgIpc) is 3.52. The molecule has 8 heteroatoms. The molecule has 0 aliphatic carbocycles. The van der Waals surface area contributed by atoms with Crippen LogP contribution in [0.1, 0.15) is 52.5 Å². The number of hydrogen-bond donors (Lipinski definition) is 0. The maximum atomic E-state index is 14.5. The lowest BCUT2D eigenvalue weighted by Crippen LogP contribution is -2.41. The molecule has 2 atom stereocenters. The molecule has 3 aromatic rings. The zero-order valence-corrected chi connectivity index (χ0v) is 23.1. The number of carbonyl (C=O) groups is 2. The van der Waals surface area contributed by atoms with Crippen molar-refractivity contribution in [2.75, 3.05) is 25.9 Å². The molecular formula is C31H33FN2O4S. The molecule has 0 radical (unpaired) electrons. The van der Waals surface area contributed by atoms with Crippen LogP contribution in [0.15, 0.2) is 71.6 Å². The van der Waals surface area contributed by atoms with Crippen molar-refractivity contribution in [3.05, 3.63) is 89.2 Å². The highest BCUT2D eigenvalue weighted by atomic mass is 32.2. The van der Waals surface area contributed by atoms with Crippen molar-refractivity contribution in [2.45, 2.75) is 43.5 Å². The van der Waals surface area contributed by atoms with Gasteiger partial charge in [-0.25, -0.2) is 12.8 Å². The first-order chi connectivity index (χ1) is 18.7. The summed E-state index contributed by atoms with van der Waals surface area (Å²) in [5.74, 6) is -1.28. The van der Waals surface area contributed by atoms with Crippen molar-refractivity contribution in [3.63, 3.8) is 0 Å². The second-order valence-electron chi connectivity index (χ2n) is 10.6. The number of halogens is 1. The molecule has 0 N–H and O–H groups in total. The van der Waals surface area contributed by atoms with Crippen molar-refractivity contribution in [2.24, 2.45) is 5.92 Å². The number of benzene rings is 3. The number of sulfone groups is 1. The van der Waals surface area contributed by atoms with Gasteiger partial charge in [0.1, 0.15) is 5.82 Å². The van der Waals surface area contributed by atoms with Gasteiger partial charge >= 0.3 is 0 Å². The van der Waals surface area contributed by atoms with Crippen molar-refractivity contribution in [1.82, 2.24) is 9.80 Å². The smallest absolute Gasteiger partial charge is 0.257 e. The van der Waals surface area contributed by atoms with E-state index in [0.717, 1.165) is 42.0 Å². The Morgan fingerprint density at radius 2 is 1.59 bits per heavy atom. The lowest BCUT2D eigenvalue weighted by molar-refractivity contribution is 0.0685. The molecule has 39 heavy (non-hydrogen) atoms. The van der Waals surface area contributed by atoms with Gasteiger partial charge in [-0.2, -0.15) is 0 Å². The average molecular weight is 549 g/mol. The van der Waals surface area contributed by atoms with E-state index >= 15 is 0 Å². The molecule has 0 bridgehead atoms. The van der Waals surface area contributed by atoms with Gasteiger partial charge in [0.2, 0.25) is 0 Å². The molecule has 2 aliphatic rings. The van der Waals surface area contributed by atoms with Crippen LogP contribution in [0.25, 0.3) is 11.1 Å². The van der Waals surface area contributed by atoms with Crippen molar-refractivity contribution >= 4 is 21.7 Å². The van der Waals surface area contributed by atoms with Crippen LogP contribution < -0.4 is 0 Å². The first kappa shape index (κ1) is 27.1. The predicted molar refractivity (Wildman–Crippen MR) is 149 cm³/mol. The first-order valence-corrected chi connectivity index (χ1v) is 15.3. The summed E-state index contributed by atoms with van der Waals surface area (Å²) in [6.07, 6.45) is 5.15. The van der Waals surface area contributed by atoms with Crippen LogP contribution in [-0.4, -0.2) is 62.0 Å². The summed E-state index contributed by atoms with van der Waals surface area (Å²) in [5.41, 5.74) is 3.80. The first-order valence-electron chi connectivity index (χ1n) is 13.4. The summed E-state index contributed by atoms with van der Waals surface area (Å²) in [6, 6.07) is 19.2. The normalized spacial score (nSPS) is 18.8. The van der Waals surface area contributed by atoms with E-state index in [0.29, 0.717) is 31.6 Å². The van der Waals surface area contributed by atoms with Crippen molar-refractivity contribution in [1.29, 1.82) is 0 Å². The van der Waals surface area contributed by atoms with Gasteiger partial charge < -0.3 is 9.80 Å². The Bertz CT molecular complexity index is 1490. The van der Waals surface area contributed by atoms with E-state index < -0.39 is 21.6 Å². The van der Waals surface area contributed by atoms with E-state index in [9.17, 15) is 22.4 Å². The SMILES string of the molecule is CCCCc1ccc(-c2ccc(C(=O)N3C[C@@H]4CCN(C(=O)c5cc(S(C)(=O)=O)ccc5F)[C@@H]4C3)cc2)cc1. The third-order valence-corrected chi connectivity index (χ3v) is 9.04. The summed E-state index contributed by atoms with van der Waals surface area (Å²) in [7, 11) is -3.58. The van der Waals surface area contributed by atoms with Gasteiger partial charge in [0, 0.05) is 37.4 Å². The molecule has 0 unspecified atom stereocenters. The fraction of sp³-hybridized carbons (Fsp3) is 0.355. The van der Waals surface area contributed by atoms with Crippen molar-refractivity contribution < 1.29 is 22.4 Å².